The van der Waals surface area contributed by atoms with Gasteiger partial charge in [-0.05, 0) is 25.5 Å². The number of benzene rings is 1. The number of para-hydroxylation sites is 2. The zero-order valence-electron chi connectivity index (χ0n) is 12.3. The normalized spacial score (nSPS) is 17.8. The molecule has 1 amide bonds. The molecule has 9 heteroatoms. The van der Waals surface area contributed by atoms with Crippen molar-refractivity contribution in [2.24, 2.45) is 5.92 Å². The highest BCUT2D eigenvalue weighted by atomic mass is 35.5. The minimum Gasteiger partial charge on any atom is -0.481 e. The van der Waals surface area contributed by atoms with Crippen molar-refractivity contribution < 1.29 is 19.6 Å². The number of hydrogen-bond donors (Lipinski definition) is 2. The van der Waals surface area contributed by atoms with E-state index < -0.39 is 16.8 Å². The molecule has 1 aromatic rings. The summed E-state index contributed by atoms with van der Waals surface area (Å²) in [6.45, 7) is 0.990. The van der Waals surface area contributed by atoms with E-state index >= 15 is 0 Å². The molecule has 0 radical (unpaired) electrons. The summed E-state index contributed by atoms with van der Waals surface area (Å²) >= 11 is 0. The van der Waals surface area contributed by atoms with Crippen LogP contribution in [0, 0.1) is 16.0 Å². The Kier molecular flexibility index (Phi) is 6.92. The summed E-state index contributed by atoms with van der Waals surface area (Å²) in [6.07, 6.45) is 1.33. The second kappa shape index (κ2) is 8.44. The van der Waals surface area contributed by atoms with Crippen LogP contribution in [-0.2, 0) is 9.59 Å². The molecule has 2 rings (SSSR count). The Labute approximate surface area is 139 Å². The minimum atomic E-state index is -0.858. The van der Waals surface area contributed by atoms with Crippen LogP contribution in [0.1, 0.15) is 12.8 Å². The van der Waals surface area contributed by atoms with Gasteiger partial charge < -0.3 is 10.4 Å². The maximum Gasteiger partial charge on any atom is 0.307 e. The Balaban J connectivity index is 0.00000264. The average molecular weight is 344 g/mol. The SMILES string of the molecule is Cl.O=C(CN1CCCC(C(=O)O)C1)Nc1ccccc1[N+](=O)[O-]. The predicted octanol–water partition coefficient (Wildman–Crippen LogP) is 1.75. The number of amides is 1. The van der Waals surface area contributed by atoms with Crippen molar-refractivity contribution >= 4 is 35.7 Å². The number of aliphatic carboxylic acids is 1. The third kappa shape index (κ3) is 5.19. The van der Waals surface area contributed by atoms with Crippen LogP contribution in [0.4, 0.5) is 11.4 Å². The van der Waals surface area contributed by atoms with Gasteiger partial charge in [0.15, 0.2) is 0 Å². The lowest BCUT2D eigenvalue weighted by Gasteiger charge is -2.29. The molecular formula is C14H18ClN3O5. The fraction of sp³-hybridized carbons (Fsp3) is 0.429. The van der Waals surface area contributed by atoms with Gasteiger partial charge in [0.2, 0.25) is 5.91 Å². The minimum absolute atomic E-state index is 0. The molecule has 1 saturated heterocycles. The maximum absolute atomic E-state index is 12.0. The monoisotopic (exact) mass is 343 g/mol. The van der Waals surface area contributed by atoms with E-state index in [4.69, 9.17) is 5.11 Å². The zero-order valence-corrected chi connectivity index (χ0v) is 13.1. The first-order valence-electron chi connectivity index (χ1n) is 6.96. The van der Waals surface area contributed by atoms with E-state index in [1.165, 1.54) is 18.2 Å². The van der Waals surface area contributed by atoms with E-state index in [0.717, 1.165) is 6.42 Å². The van der Waals surface area contributed by atoms with Crippen LogP contribution < -0.4 is 5.32 Å². The number of likely N-dealkylation sites (tertiary alicyclic amines) is 1. The van der Waals surface area contributed by atoms with Crippen molar-refractivity contribution in [3.05, 3.63) is 34.4 Å². The molecule has 1 aliphatic heterocycles. The third-order valence-corrected chi connectivity index (χ3v) is 3.60. The number of halogens is 1. The first-order chi connectivity index (χ1) is 10.5. The summed E-state index contributed by atoms with van der Waals surface area (Å²) in [5, 5.41) is 22.4. The van der Waals surface area contributed by atoms with Gasteiger partial charge in [-0.3, -0.25) is 24.6 Å². The Morgan fingerprint density at radius 1 is 1.39 bits per heavy atom. The molecule has 1 aromatic carbocycles. The molecule has 0 bridgehead atoms. The largest absolute Gasteiger partial charge is 0.481 e. The molecule has 8 nitrogen and oxygen atoms in total. The molecular weight excluding hydrogens is 326 g/mol. The lowest BCUT2D eigenvalue weighted by molar-refractivity contribution is -0.383. The average Bonchev–Trinajstić information content (AvgIpc) is 2.47. The number of anilines is 1. The highest BCUT2D eigenvalue weighted by Crippen LogP contribution is 2.23. The van der Waals surface area contributed by atoms with Crippen molar-refractivity contribution in [2.45, 2.75) is 12.8 Å². The molecule has 0 aliphatic carbocycles. The second-order valence-corrected chi connectivity index (χ2v) is 5.23. The number of carboxylic acids is 1. The van der Waals surface area contributed by atoms with E-state index in [9.17, 15) is 19.7 Å². The highest BCUT2D eigenvalue weighted by molar-refractivity contribution is 5.94. The molecule has 2 N–H and O–H groups in total. The number of nitro groups is 1. The van der Waals surface area contributed by atoms with Gasteiger partial charge in [-0.1, -0.05) is 12.1 Å². The topological polar surface area (TPSA) is 113 Å². The molecule has 126 valence electrons. The summed E-state index contributed by atoms with van der Waals surface area (Å²) in [4.78, 5) is 35.1. The Morgan fingerprint density at radius 2 is 2.09 bits per heavy atom. The van der Waals surface area contributed by atoms with E-state index in [1.807, 2.05) is 0 Å². The molecule has 1 unspecified atom stereocenters. The second-order valence-electron chi connectivity index (χ2n) is 5.23. The smallest absolute Gasteiger partial charge is 0.307 e. The van der Waals surface area contributed by atoms with Gasteiger partial charge in [0.25, 0.3) is 5.69 Å². The molecule has 1 aliphatic rings. The van der Waals surface area contributed by atoms with E-state index in [-0.39, 0.29) is 36.2 Å². The van der Waals surface area contributed by atoms with Crippen molar-refractivity contribution in [3.8, 4) is 0 Å². The summed E-state index contributed by atoms with van der Waals surface area (Å²) in [5.41, 5.74) is -0.0257. The maximum atomic E-state index is 12.0. The third-order valence-electron chi connectivity index (χ3n) is 3.60. The lowest BCUT2D eigenvalue weighted by atomic mass is 9.98. The predicted molar refractivity (Wildman–Crippen MR) is 85.8 cm³/mol. The van der Waals surface area contributed by atoms with Crippen LogP contribution in [0.25, 0.3) is 0 Å². The number of carboxylic acid groups (broad SMARTS) is 1. The zero-order chi connectivity index (χ0) is 16.1. The Bertz CT molecular complexity index is 596. The first-order valence-corrected chi connectivity index (χ1v) is 6.96. The van der Waals surface area contributed by atoms with Crippen LogP contribution in [-0.4, -0.2) is 46.4 Å². The highest BCUT2D eigenvalue weighted by Gasteiger charge is 2.26. The van der Waals surface area contributed by atoms with Crippen molar-refractivity contribution in [3.63, 3.8) is 0 Å². The molecule has 23 heavy (non-hydrogen) atoms. The number of carbonyl (C=O) groups excluding carboxylic acids is 1. The summed E-state index contributed by atoms with van der Waals surface area (Å²) < 4.78 is 0. The van der Waals surface area contributed by atoms with Crippen LogP contribution >= 0.6 is 12.4 Å². The summed E-state index contributed by atoms with van der Waals surface area (Å²) in [5.74, 6) is -1.71. The number of nitrogens with zero attached hydrogens (tertiary/aromatic N) is 2. The molecule has 0 saturated carbocycles. The fourth-order valence-electron chi connectivity index (χ4n) is 2.53. The summed E-state index contributed by atoms with van der Waals surface area (Å²) in [6, 6.07) is 5.91. The number of nitro benzene ring substituents is 1. The number of hydrogen-bond acceptors (Lipinski definition) is 5. The molecule has 1 heterocycles. The lowest BCUT2D eigenvalue weighted by Crippen LogP contribution is -2.42. The fourth-order valence-corrected chi connectivity index (χ4v) is 2.53. The van der Waals surface area contributed by atoms with Crippen molar-refractivity contribution in [2.75, 3.05) is 25.0 Å². The number of piperidine rings is 1. The number of nitrogens with one attached hydrogen (secondary N) is 1. The van der Waals surface area contributed by atoms with Gasteiger partial charge in [-0.15, -0.1) is 12.4 Å². The van der Waals surface area contributed by atoms with Gasteiger partial charge in [-0.25, -0.2) is 0 Å². The van der Waals surface area contributed by atoms with E-state index in [1.54, 1.807) is 11.0 Å². The van der Waals surface area contributed by atoms with Crippen LogP contribution in [0.2, 0.25) is 0 Å². The van der Waals surface area contributed by atoms with Gasteiger partial charge >= 0.3 is 5.97 Å². The van der Waals surface area contributed by atoms with Gasteiger partial charge in [0, 0.05) is 12.6 Å². The number of rotatable bonds is 5. The Hall–Kier alpha value is -2.19. The quantitative estimate of drug-likeness (QED) is 0.622. The van der Waals surface area contributed by atoms with Crippen LogP contribution in [0.15, 0.2) is 24.3 Å². The molecule has 0 aromatic heterocycles. The van der Waals surface area contributed by atoms with Gasteiger partial charge in [0.1, 0.15) is 5.69 Å². The van der Waals surface area contributed by atoms with Gasteiger partial charge in [-0.2, -0.15) is 0 Å². The van der Waals surface area contributed by atoms with E-state index in [0.29, 0.717) is 19.5 Å². The van der Waals surface area contributed by atoms with Crippen LogP contribution in [0.3, 0.4) is 0 Å². The standard InChI is InChI=1S/C14H17N3O5.ClH/c18-13(9-16-7-3-4-10(8-16)14(19)20)15-11-5-1-2-6-12(11)17(21)22;/h1-2,5-6,10H,3-4,7-9H2,(H,15,18)(H,19,20);1H. The van der Waals surface area contributed by atoms with Gasteiger partial charge in [0.05, 0.1) is 17.4 Å². The van der Waals surface area contributed by atoms with E-state index in [2.05, 4.69) is 5.32 Å². The van der Waals surface area contributed by atoms with Crippen LogP contribution in [0.5, 0.6) is 0 Å². The molecule has 1 atom stereocenters. The van der Waals surface area contributed by atoms with Crippen molar-refractivity contribution in [1.82, 2.24) is 4.90 Å². The summed E-state index contributed by atoms with van der Waals surface area (Å²) in [7, 11) is 0. The Morgan fingerprint density at radius 3 is 2.74 bits per heavy atom. The van der Waals surface area contributed by atoms with Crippen molar-refractivity contribution in [1.29, 1.82) is 0 Å². The molecule has 1 fully saturated rings. The first kappa shape index (κ1) is 18.9. The number of carbonyl (C=O) groups is 2. The molecule has 0 spiro atoms.